The molecule has 4 N–H and O–H groups in total. The van der Waals surface area contributed by atoms with Crippen LogP contribution in [-0.4, -0.2) is 27.7 Å². The fraction of sp³-hybridized carbons (Fsp3) is 0.0952. The van der Waals surface area contributed by atoms with Crippen molar-refractivity contribution in [1.82, 2.24) is 4.98 Å². The Morgan fingerprint density at radius 2 is 2.00 bits per heavy atom. The molecule has 0 aliphatic carbocycles. The number of hydrogen-bond donors (Lipinski definition) is 3. The zero-order chi connectivity index (χ0) is 23.3. The average molecular weight is 484 g/mol. The van der Waals surface area contributed by atoms with Crippen molar-refractivity contribution in [3.63, 3.8) is 0 Å². The monoisotopic (exact) mass is 483 g/mol. The summed E-state index contributed by atoms with van der Waals surface area (Å²) in [5.74, 6) is -1.26. The van der Waals surface area contributed by atoms with Crippen LogP contribution < -0.4 is 11.1 Å². The van der Waals surface area contributed by atoms with Crippen LogP contribution in [0, 0.1) is 22.7 Å². The number of nitrogens with zero attached hydrogens (tertiary/aromatic N) is 3. The molecule has 0 aliphatic heterocycles. The lowest BCUT2D eigenvalue weighted by molar-refractivity contribution is -0.115. The summed E-state index contributed by atoms with van der Waals surface area (Å²) in [6.07, 6.45) is 0.0654. The van der Waals surface area contributed by atoms with Crippen LogP contribution in [0.5, 0.6) is 0 Å². The molecule has 1 aromatic carbocycles. The molecule has 0 unspecified atom stereocenters. The second-order valence-electron chi connectivity index (χ2n) is 6.31. The van der Waals surface area contributed by atoms with Crippen molar-refractivity contribution in [2.75, 3.05) is 16.8 Å². The Bertz CT molecular complexity index is 1280. The molecule has 0 bridgehead atoms. The highest BCUT2D eigenvalue weighted by Gasteiger charge is 2.21. The lowest BCUT2D eigenvalue weighted by Gasteiger charge is -2.12. The first-order chi connectivity index (χ1) is 15.3. The number of hydrogen-bond acceptors (Lipinski definition) is 8. The Morgan fingerprint density at radius 1 is 1.25 bits per heavy atom. The maximum absolute atomic E-state index is 12.3. The van der Waals surface area contributed by atoms with E-state index in [1.54, 1.807) is 6.07 Å². The Labute approximate surface area is 196 Å². The molecule has 0 atom stereocenters. The van der Waals surface area contributed by atoms with Crippen molar-refractivity contribution < 1.29 is 14.7 Å². The van der Waals surface area contributed by atoms with E-state index in [0.29, 0.717) is 21.8 Å². The number of benzene rings is 1. The predicted molar refractivity (Wildman–Crippen MR) is 124 cm³/mol. The molecule has 0 spiro atoms. The Kier molecular flexibility index (Phi) is 7.33. The summed E-state index contributed by atoms with van der Waals surface area (Å²) in [7, 11) is 0. The second-order valence-corrected chi connectivity index (χ2v) is 8.58. The van der Waals surface area contributed by atoms with Gasteiger partial charge in [0.1, 0.15) is 28.5 Å². The number of carboxylic acid groups (broad SMARTS) is 1. The number of carboxylic acids is 1. The van der Waals surface area contributed by atoms with E-state index in [0.717, 1.165) is 0 Å². The van der Waals surface area contributed by atoms with Crippen molar-refractivity contribution in [3.05, 3.63) is 56.7 Å². The molecule has 32 heavy (non-hydrogen) atoms. The van der Waals surface area contributed by atoms with E-state index in [-0.39, 0.29) is 45.6 Å². The molecule has 2 heterocycles. The standard InChI is InChI=1S/C21H14ClN5O3S2/c22-16-2-1-12(7-13(16)21(29)30)26-17(28)4-6-32-20-15(9-24)18(11-3-5-31-10-11)14(8-23)19(25)27-20/h1-3,5,7,10H,4,6H2,(H2,25,27)(H,26,28)(H,29,30). The molecule has 0 radical (unpaired) electrons. The van der Waals surface area contributed by atoms with E-state index >= 15 is 0 Å². The van der Waals surface area contributed by atoms with E-state index in [1.807, 2.05) is 16.8 Å². The zero-order valence-corrected chi connectivity index (χ0v) is 18.6. The highest BCUT2D eigenvalue weighted by Crippen LogP contribution is 2.36. The van der Waals surface area contributed by atoms with Gasteiger partial charge >= 0.3 is 5.97 Å². The maximum atomic E-state index is 12.3. The largest absolute Gasteiger partial charge is 0.478 e. The topological polar surface area (TPSA) is 153 Å². The predicted octanol–water partition coefficient (Wildman–Crippen LogP) is 4.61. The van der Waals surface area contributed by atoms with Gasteiger partial charge in [0.2, 0.25) is 5.91 Å². The summed E-state index contributed by atoms with van der Waals surface area (Å²) in [4.78, 5) is 27.7. The van der Waals surface area contributed by atoms with Gasteiger partial charge in [-0.1, -0.05) is 11.6 Å². The normalized spacial score (nSPS) is 10.2. The number of amides is 1. The number of nitrogens with one attached hydrogen (secondary N) is 1. The van der Waals surface area contributed by atoms with Crippen LogP contribution in [0.1, 0.15) is 27.9 Å². The number of carbonyl (C=O) groups excluding carboxylic acids is 1. The van der Waals surface area contributed by atoms with Crippen LogP contribution >= 0.6 is 34.7 Å². The molecule has 2 aromatic heterocycles. The fourth-order valence-electron chi connectivity index (χ4n) is 2.83. The molecule has 1 amide bonds. The number of rotatable bonds is 7. The molecule has 0 fully saturated rings. The van der Waals surface area contributed by atoms with Crippen molar-refractivity contribution >= 4 is 58.1 Å². The molecule has 3 rings (SSSR count). The minimum absolute atomic E-state index is 0.0158. The summed E-state index contributed by atoms with van der Waals surface area (Å²) in [5.41, 5.74) is 7.64. The number of pyridine rings is 1. The summed E-state index contributed by atoms with van der Waals surface area (Å²) >= 11 is 8.43. The number of nitrogen functional groups attached to an aromatic ring is 1. The van der Waals surface area contributed by atoms with E-state index in [9.17, 15) is 20.1 Å². The first-order valence-electron chi connectivity index (χ1n) is 8.97. The van der Waals surface area contributed by atoms with Gasteiger partial charge in [-0.3, -0.25) is 4.79 Å². The van der Waals surface area contributed by atoms with Crippen LogP contribution in [-0.2, 0) is 4.79 Å². The minimum Gasteiger partial charge on any atom is -0.478 e. The number of thioether (sulfide) groups is 1. The number of aromatic carboxylic acids is 1. The Hall–Kier alpha value is -3.57. The van der Waals surface area contributed by atoms with Crippen LogP contribution in [0.4, 0.5) is 11.5 Å². The van der Waals surface area contributed by atoms with E-state index in [1.165, 1.54) is 41.3 Å². The van der Waals surface area contributed by atoms with Gasteiger partial charge in [0.05, 0.1) is 16.1 Å². The smallest absolute Gasteiger partial charge is 0.337 e. The number of halogens is 1. The van der Waals surface area contributed by atoms with Gasteiger partial charge < -0.3 is 16.2 Å². The van der Waals surface area contributed by atoms with Gasteiger partial charge in [0.25, 0.3) is 0 Å². The molecule has 11 heteroatoms. The van der Waals surface area contributed by atoms with Crippen molar-refractivity contribution in [2.45, 2.75) is 11.4 Å². The van der Waals surface area contributed by atoms with Crippen molar-refractivity contribution in [2.24, 2.45) is 0 Å². The first-order valence-corrected chi connectivity index (χ1v) is 11.3. The molecule has 0 saturated heterocycles. The SMILES string of the molecule is N#Cc1c(N)nc(SCCC(=O)Nc2ccc(Cl)c(C(=O)O)c2)c(C#N)c1-c1ccsc1. The van der Waals surface area contributed by atoms with Crippen LogP contribution in [0.3, 0.4) is 0 Å². The van der Waals surface area contributed by atoms with Gasteiger partial charge in [-0.25, -0.2) is 9.78 Å². The first kappa shape index (κ1) is 23.1. The van der Waals surface area contributed by atoms with Crippen LogP contribution in [0.15, 0.2) is 40.1 Å². The number of anilines is 2. The third kappa shape index (κ3) is 5.01. The number of aromatic nitrogens is 1. The molecule has 0 saturated carbocycles. The fourth-order valence-corrected chi connectivity index (χ4v) is 4.61. The van der Waals surface area contributed by atoms with Crippen LogP contribution in [0.25, 0.3) is 11.1 Å². The molecular weight excluding hydrogens is 470 g/mol. The summed E-state index contributed by atoms with van der Waals surface area (Å²) < 4.78 is 0. The third-order valence-corrected chi connectivity index (χ3v) is 6.26. The number of thiophene rings is 1. The molecule has 3 aromatic rings. The van der Waals surface area contributed by atoms with Gasteiger partial charge in [-0.05, 0) is 40.6 Å². The lowest BCUT2D eigenvalue weighted by atomic mass is 9.99. The number of nitrogens with two attached hydrogens (primary N) is 1. The molecular formula is C21H14ClN5O3S2. The van der Waals surface area contributed by atoms with Gasteiger partial charge in [0.15, 0.2) is 0 Å². The maximum Gasteiger partial charge on any atom is 0.337 e. The number of nitriles is 2. The second kappa shape index (κ2) is 10.2. The summed E-state index contributed by atoms with van der Waals surface area (Å²) in [6.45, 7) is 0. The van der Waals surface area contributed by atoms with Gasteiger partial charge in [-0.15, -0.1) is 11.8 Å². The molecule has 0 aliphatic rings. The van der Waals surface area contributed by atoms with E-state index < -0.39 is 5.97 Å². The quantitative estimate of drug-likeness (QED) is 0.412. The molecule has 8 nitrogen and oxygen atoms in total. The van der Waals surface area contributed by atoms with Crippen LogP contribution in [0.2, 0.25) is 5.02 Å². The minimum atomic E-state index is -1.20. The lowest BCUT2D eigenvalue weighted by Crippen LogP contribution is -2.13. The Balaban J connectivity index is 1.75. The highest BCUT2D eigenvalue weighted by atomic mass is 35.5. The third-order valence-electron chi connectivity index (χ3n) is 4.27. The average Bonchev–Trinajstić information content (AvgIpc) is 3.29. The molecule has 160 valence electrons. The van der Waals surface area contributed by atoms with Gasteiger partial charge in [-0.2, -0.15) is 21.9 Å². The van der Waals surface area contributed by atoms with E-state index in [4.69, 9.17) is 22.4 Å². The highest BCUT2D eigenvalue weighted by molar-refractivity contribution is 7.99. The number of carbonyl (C=O) groups is 2. The van der Waals surface area contributed by atoms with E-state index in [2.05, 4.69) is 16.4 Å². The summed E-state index contributed by atoms with van der Waals surface area (Å²) in [6, 6.07) is 10.1. The van der Waals surface area contributed by atoms with Crippen molar-refractivity contribution in [3.8, 4) is 23.3 Å². The van der Waals surface area contributed by atoms with Gasteiger partial charge in [0, 0.05) is 23.4 Å². The Morgan fingerprint density at radius 3 is 2.62 bits per heavy atom. The zero-order valence-electron chi connectivity index (χ0n) is 16.3. The summed E-state index contributed by atoms with van der Waals surface area (Å²) in [5, 5.41) is 35.0. The van der Waals surface area contributed by atoms with Crippen molar-refractivity contribution in [1.29, 1.82) is 10.5 Å².